The van der Waals surface area contributed by atoms with Crippen molar-refractivity contribution in [2.45, 2.75) is 0 Å². The number of halogens is 1. The lowest BCUT2D eigenvalue weighted by molar-refractivity contribution is 1.09. The van der Waals surface area contributed by atoms with Crippen molar-refractivity contribution in [3.8, 4) is 6.07 Å². The summed E-state index contributed by atoms with van der Waals surface area (Å²) >= 11 is 5.54. The first-order chi connectivity index (χ1) is 5.81. The van der Waals surface area contributed by atoms with E-state index in [1.807, 2.05) is 6.07 Å². The van der Waals surface area contributed by atoms with Gasteiger partial charge in [-0.1, -0.05) is 0 Å². The van der Waals surface area contributed by atoms with E-state index in [0.717, 1.165) is 0 Å². The number of aromatic nitrogens is 4. The molecule has 0 aromatic carbocycles. The number of nitrogens with zero attached hydrogens (tertiary/aromatic N) is 4. The molecule has 0 amide bonds. The molecule has 0 bridgehead atoms. The first-order valence-electron chi connectivity index (χ1n) is 3.08. The predicted molar refractivity (Wildman–Crippen MR) is 41.4 cm³/mol. The van der Waals surface area contributed by atoms with Gasteiger partial charge in [0.2, 0.25) is 5.28 Å². The van der Waals surface area contributed by atoms with Crippen LogP contribution in [0.25, 0.3) is 11.0 Å². The highest BCUT2D eigenvalue weighted by molar-refractivity contribution is 6.28. The Labute approximate surface area is 72.0 Å². The van der Waals surface area contributed by atoms with E-state index in [2.05, 4.69) is 20.2 Å². The minimum atomic E-state index is 0.0447. The third-order valence-electron chi connectivity index (χ3n) is 1.39. The van der Waals surface area contributed by atoms with Gasteiger partial charge in [-0.25, -0.2) is 4.98 Å². The molecule has 0 saturated heterocycles. The lowest BCUT2D eigenvalue weighted by Gasteiger charge is -1.90. The largest absolute Gasteiger partial charge is 0.261 e. The summed E-state index contributed by atoms with van der Waals surface area (Å²) in [6, 6.07) is 1.90. The molecule has 0 spiro atoms. The number of hydrogen-bond acceptors (Lipinski definition) is 4. The monoisotopic (exact) mass is 179 g/mol. The van der Waals surface area contributed by atoms with Gasteiger partial charge in [0.1, 0.15) is 6.07 Å². The summed E-state index contributed by atoms with van der Waals surface area (Å²) in [5.41, 5.74) is 0.713. The van der Waals surface area contributed by atoms with Crippen LogP contribution in [-0.4, -0.2) is 20.2 Å². The van der Waals surface area contributed by atoms with Crippen LogP contribution in [0, 0.1) is 11.3 Å². The fourth-order valence-electron chi connectivity index (χ4n) is 0.893. The molecule has 0 saturated carbocycles. The Morgan fingerprint density at radius 2 is 2.33 bits per heavy atom. The van der Waals surface area contributed by atoms with Crippen LogP contribution in [0.1, 0.15) is 5.69 Å². The van der Waals surface area contributed by atoms with E-state index in [1.54, 1.807) is 0 Å². The smallest absolute Gasteiger partial charge is 0.225 e. The molecule has 0 aliphatic carbocycles. The minimum absolute atomic E-state index is 0.0447. The topological polar surface area (TPSA) is 78.2 Å². The molecule has 1 N–H and O–H groups in total. The van der Waals surface area contributed by atoms with Gasteiger partial charge < -0.3 is 0 Å². The van der Waals surface area contributed by atoms with E-state index >= 15 is 0 Å². The summed E-state index contributed by atoms with van der Waals surface area (Å²) in [7, 11) is 0. The zero-order valence-electron chi connectivity index (χ0n) is 5.74. The van der Waals surface area contributed by atoms with E-state index in [4.69, 9.17) is 16.9 Å². The van der Waals surface area contributed by atoms with Crippen molar-refractivity contribution in [1.29, 1.82) is 5.26 Å². The average molecular weight is 180 g/mol. The summed E-state index contributed by atoms with van der Waals surface area (Å²) in [4.78, 5) is 7.55. The van der Waals surface area contributed by atoms with Gasteiger partial charge in [-0.2, -0.15) is 15.3 Å². The highest BCUT2D eigenvalue weighted by Crippen LogP contribution is 2.13. The third kappa shape index (κ3) is 0.898. The van der Waals surface area contributed by atoms with Crippen LogP contribution < -0.4 is 0 Å². The molecule has 5 nitrogen and oxygen atoms in total. The second kappa shape index (κ2) is 2.43. The maximum absolute atomic E-state index is 8.64. The van der Waals surface area contributed by atoms with Crippen LogP contribution >= 0.6 is 11.6 Å². The van der Waals surface area contributed by atoms with Crippen LogP contribution in [0.15, 0.2) is 6.20 Å². The lowest BCUT2D eigenvalue weighted by atomic mass is 10.3. The van der Waals surface area contributed by atoms with Crippen molar-refractivity contribution in [3.05, 3.63) is 17.2 Å². The van der Waals surface area contributed by atoms with Gasteiger partial charge in [0.05, 0.1) is 11.6 Å². The second-order valence-electron chi connectivity index (χ2n) is 2.09. The Kier molecular flexibility index (Phi) is 1.42. The molecule has 0 unspecified atom stereocenters. The van der Waals surface area contributed by atoms with Crippen LogP contribution in [0.2, 0.25) is 5.28 Å². The van der Waals surface area contributed by atoms with Gasteiger partial charge in [0.15, 0.2) is 11.3 Å². The van der Waals surface area contributed by atoms with Crippen LogP contribution in [0.3, 0.4) is 0 Å². The van der Waals surface area contributed by atoms with Crippen molar-refractivity contribution in [1.82, 2.24) is 20.2 Å². The van der Waals surface area contributed by atoms with Crippen molar-refractivity contribution < 1.29 is 0 Å². The van der Waals surface area contributed by atoms with Crippen LogP contribution in [-0.2, 0) is 0 Å². The number of rotatable bonds is 0. The fourth-order valence-corrected chi connectivity index (χ4v) is 1.06. The van der Waals surface area contributed by atoms with Gasteiger partial charge in [-0.15, -0.1) is 0 Å². The lowest BCUT2D eigenvalue weighted by Crippen LogP contribution is -1.88. The summed E-state index contributed by atoms with van der Waals surface area (Å²) in [6.45, 7) is 0. The number of fused-ring (bicyclic) bond motifs is 1. The molecule has 6 heteroatoms. The first-order valence-corrected chi connectivity index (χ1v) is 3.46. The standard InChI is InChI=1S/C6H2ClN5/c7-6-10-4(1-8)3-2-9-12-5(3)11-6/h2H,(H,9,10,11,12). The molecule has 2 aromatic rings. The second-order valence-corrected chi connectivity index (χ2v) is 2.42. The Bertz CT molecular complexity index is 468. The summed E-state index contributed by atoms with van der Waals surface area (Å²) in [5, 5.41) is 15.6. The zero-order valence-corrected chi connectivity index (χ0v) is 6.50. The molecule has 0 aliphatic heterocycles. The Morgan fingerprint density at radius 3 is 3.08 bits per heavy atom. The SMILES string of the molecule is N#Cc1nc(Cl)nc2[nH]ncc12. The minimum Gasteiger partial charge on any atom is -0.261 e. The molecule has 2 aromatic heterocycles. The summed E-state index contributed by atoms with van der Waals surface area (Å²) in [6.07, 6.45) is 1.49. The number of aromatic amines is 1. The van der Waals surface area contributed by atoms with E-state index < -0.39 is 0 Å². The molecule has 0 atom stereocenters. The van der Waals surface area contributed by atoms with E-state index in [0.29, 0.717) is 11.0 Å². The quantitative estimate of drug-likeness (QED) is 0.609. The highest BCUT2D eigenvalue weighted by atomic mass is 35.5. The summed E-state index contributed by atoms with van der Waals surface area (Å²) < 4.78 is 0. The number of hydrogen-bond donors (Lipinski definition) is 1. The first kappa shape index (κ1) is 7.00. The van der Waals surface area contributed by atoms with Gasteiger partial charge in [-0.05, 0) is 11.6 Å². The van der Waals surface area contributed by atoms with Gasteiger partial charge in [-0.3, -0.25) is 5.10 Å². The van der Waals surface area contributed by atoms with Gasteiger partial charge in [0, 0.05) is 0 Å². The normalized spacial score (nSPS) is 10.0. The van der Waals surface area contributed by atoms with Crippen molar-refractivity contribution in [2.24, 2.45) is 0 Å². The molecular weight excluding hydrogens is 178 g/mol. The molecule has 0 fully saturated rings. The predicted octanol–water partition coefficient (Wildman–Crippen LogP) is 0.878. The summed E-state index contributed by atoms with van der Waals surface area (Å²) in [5.74, 6) is 0. The molecule has 12 heavy (non-hydrogen) atoms. The van der Waals surface area contributed by atoms with Crippen LogP contribution in [0.5, 0.6) is 0 Å². The fraction of sp³-hybridized carbons (Fsp3) is 0. The average Bonchev–Trinajstić information content (AvgIpc) is 2.50. The van der Waals surface area contributed by atoms with Crippen molar-refractivity contribution >= 4 is 22.6 Å². The molecule has 0 aliphatic rings. The Morgan fingerprint density at radius 1 is 1.50 bits per heavy atom. The zero-order chi connectivity index (χ0) is 8.55. The maximum atomic E-state index is 8.64. The van der Waals surface area contributed by atoms with Gasteiger partial charge >= 0.3 is 0 Å². The molecule has 58 valence electrons. The number of nitriles is 1. The molecular formula is C6H2ClN5. The Hall–Kier alpha value is -1.67. The van der Waals surface area contributed by atoms with E-state index in [-0.39, 0.29) is 11.0 Å². The molecule has 2 heterocycles. The number of H-pyrrole nitrogens is 1. The van der Waals surface area contributed by atoms with Crippen LogP contribution in [0.4, 0.5) is 0 Å². The van der Waals surface area contributed by atoms with Crippen molar-refractivity contribution in [2.75, 3.05) is 0 Å². The van der Waals surface area contributed by atoms with E-state index in [1.165, 1.54) is 6.20 Å². The molecule has 2 rings (SSSR count). The Balaban J connectivity index is 2.91. The third-order valence-corrected chi connectivity index (χ3v) is 1.56. The molecule has 0 radical (unpaired) electrons. The number of nitrogens with one attached hydrogen (secondary N) is 1. The highest BCUT2D eigenvalue weighted by Gasteiger charge is 2.06. The maximum Gasteiger partial charge on any atom is 0.225 e. The van der Waals surface area contributed by atoms with E-state index in [9.17, 15) is 0 Å². The van der Waals surface area contributed by atoms with Crippen molar-refractivity contribution in [3.63, 3.8) is 0 Å². The van der Waals surface area contributed by atoms with Gasteiger partial charge in [0.25, 0.3) is 0 Å².